The van der Waals surface area contributed by atoms with E-state index in [0.717, 1.165) is 15.6 Å². The molecule has 0 unspecified atom stereocenters. The van der Waals surface area contributed by atoms with Crippen LogP contribution in [0.1, 0.15) is 11.1 Å². The van der Waals surface area contributed by atoms with Gasteiger partial charge in [0.2, 0.25) is 10.0 Å². The third kappa shape index (κ3) is 3.97. The van der Waals surface area contributed by atoms with E-state index in [1.807, 2.05) is 24.3 Å². The van der Waals surface area contributed by atoms with Gasteiger partial charge in [-0.05, 0) is 42.3 Å². The van der Waals surface area contributed by atoms with Crippen molar-refractivity contribution in [1.82, 2.24) is 4.72 Å². The van der Waals surface area contributed by atoms with Gasteiger partial charge in [-0.25, -0.2) is 13.1 Å². The molecule has 0 aliphatic heterocycles. The van der Waals surface area contributed by atoms with Crippen LogP contribution in [0.2, 0.25) is 5.02 Å². The Hall–Kier alpha value is -1.08. The SMILES string of the molecule is Cc1cc(Cl)c(S(=O)(=O)NCc2cccc(Br)c2)cc1N. The van der Waals surface area contributed by atoms with Crippen molar-refractivity contribution in [2.45, 2.75) is 18.4 Å². The van der Waals surface area contributed by atoms with Gasteiger partial charge >= 0.3 is 0 Å². The lowest BCUT2D eigenvalue weighted by molar-refractivity contribution is 0.581. The largest absolute Gasteiger partial charge is 0.398 e. The third-order valence-corrected chi connectivity index (χ3v) is 5.32. The summed E-state index contributed by atoms with van der Waals surface area (Å²) in [4.78, 5) is -0.0118. The minimum atomic E-state index is -3.72. The van der Waals surface area contributed by atoms with E-state index in [9.17, 15) is 8.42 Å². The van der Waals surface area contributed by atoms with Crippen molar-refractivity contribution in [2.24, 2.45) is 0 Å². The lowest BCUT2D eigenvalue weighted by Crippen LogP contribution is -2.23. The van der Waals surface area contributed by atoms with E-state index in [-0.39, 0.29) is 16.5 Å². The highest BCUT2D eigenvalue weighted by molar-refractivity contribution is 9.10. The molecule has 0 aromatic heterocycles. The molecule has 3 N–H and O–H groups in total. The molecule has 0 fully saturated rings. The molecule has 2 aromatic carbocycles. The number of aryl methyl sites for hydroxylation is 1. The second-order valence-electron chi connectivity index (χ2n) is 4.59. The quantitative estimate of drug-likeness (QED) is 0.786. The van der Waals surface area contributed by atoms with Gasteiger partial charge in [0.05, 0.1) is 5.02 Å². The van der Waals surface area contributed by atoms with E-state index in [1.165, 1.54) is 6.07 Å². The van der Waals surface area contributed by atoms with Crippen LogP contribution in [-0.2, 0) is 16.6 Å². The fourth-order valence-corrected chi connectivity index (χ4v) is 3.86. The van der Waals surface area contributed by atoms with Crippen LogP contribution >= 0.6 is 27.5 Å². The normalized spacial score (nSPS) is 11.6. The molecule has 0 radical (unpaired) electrons. The van der Waals surface area contributed by atoms with Gasteiger partial charge < -0.3 is 5.73 Å². The first-order chi connectivity index (χ1) is 9.79. The highest BCUT2D eigenvalue weighted by atomic mass is 79.9. The monoisotopic (exact) mass is 388 g/mol. The summed E-state index contributed by atoms with van der Waals surface area (Å²) in [5, 5.41) is 0.156. The summed E-state index contributed by atoms with van der Waals surface area (Å²) in [7, 11) is -3.72. The maximum absolute atomic E-state index is 12.3. The van der Waals surface area contributed by atoms with Gasteiger partial charge in [0.25, 0.3) is 0 Å². The maximum atomic E-state index is 12.3. The van der Waals surface area contributed by atoms with Gasteiger partial charge in [0.1, 0.15) is 4.90 Å². The number of halogens is 2. The molecule has 2 rings (SSSR count). The van der Waals surface area contributed by atoms with Crippen molar-refractivity contribution in [3.8, 4) is 0 Å². The van der Waals surface area contributed by atoms with Crippen LogP contribution in [0.5, 0.6) is 0 Å². The van der Waals surface area contributed by atoms with E-state index < -0.39 is 10.0 Å². The maximum Gasteiger partial charge on any atom is 0.242 e. The Morgan fingerprint density at radius 3 is 2.67 bits per heavy atom. The molecule has 0 bridgehead atoms. The van der Waals surface area contributed by atoms with Crippen molar-refractivity contribution in [3.05, 3.63) is 57.0 Å². The highest BCUT2D eigenvalue weighted by Crippen LogP contribution is 2.26. The molecular weight excluding hydrogens is 376 g/mol. The van der Waals surface area contributed by atoms with Crippen LogP contribution < -0.4 is 10.5 Å². The Bertz CT molecular complexity index is 779. The number of benzene rings is 2. The molecule has 0 saturated heterocycles. The molecule has 0 aliphatic rings. The predicted octanol–water partition coefficient (Wildman–Crippen LogP) is 3.47. The second-order valence-corrected chi connectivity index (χ2v) is 7.65. The Kier molecular flexibility index (Phi) is 4.93. The molecule has 0 heterocycles. The van der Waals surface area contributed by atoms with Gasteiger partial charge in [-0.15, -0.1) is 0 Å². The molecule has 0 aliphatic carbocycles. The number of nitrogen functional groups attached to an aromatic ring is 1. The van der Waals surface area contributed by atoms with Crippen molar-refractivity contribution >= 4 is 43.2 Å². The van der Waals surface area contributed by atoms with E-state index in [4.69, 9.17) is 17.3 Å². The molecular formula is C14H14BrClN2O2S. The molecule has 21 heavy (non-hydrogen) atoms. The highest BCUT2D eigenvalue weighted by Gasteiger charge is 2.19. The first kappa shape index (κ1) is 16.3. The van der Waals surface area contributed by atoms with Crippen LogP contribution in [0.25, 0.3) is 0 Å². The van der Waals surface area contributed by atoms with Crippen molar-refractivity contribution in [3.63, 3.8) is 0 Å². The van der Waals surface area contributed by atoms with Gasteiger partial charge in [0.15, 0.2) is 0 Å². The van der Waals surface area contributed by atoms with Crippen LogP contribution in [0.3, 0.4) is 0 Å². The average Bonchev–Trinajstić information content (AvgIpc) is 2.41. The number of nitrogens with one attached hydrogen (secondary N) is 1. The van der Waals surface area contributed by atoms with E-state index in [1.54, 1.807) is 13.0 Å². The fourth-order valence-electron chi connectivity index (χ4n) is 1.78. The average molecular weight is 390 g/mol. The molecule has 7 heteroatoms. The van der Waals surface area contributed by atoms with Gasteiger partial charge in [0, 0.05) is 16.7 Å². The summed E-state index contributed by atoms with van der Waals surface area (Å²) in [5.41, 5.74) is 7.73. The first-order valence-electron chi connectivity index (χ1n) is 6.09. The molecule has 0 saturated carbocycles. The molecule has 4 nitrogen and oxygen atoms in total. The molecule has 0 spiro atoms. The van der Waals surface area contributed by atoms with Crippen molar-refractivity contribution in [1.29, 1.82) is 0 Å². The van der Waals surface area contributed by atoms with Crippen LogP contribution in [0, 0.1) is 6.92 Å². The minimum absolute atomic E-state index is 0.0118. The molecule has 0 atom stereocenters. The number of sulfonamides is 1. The number of rotatable bonds is 4. The van der Waals surface area contributed by atoms with E-state index in [0.29, 0.717) is 5.69 Å². The first-order valence-corrected chi connectivity index (χ1v) is 8.75. The van der Waals surface area contributed by atoms with E-state index in [2.05, 4.69) is 20.7 Å². The summed E-state index contributed by atoms with van der Waals surface area (Å²) in [6, 6.07) is 10.3. The van der Waals surface area contributed by atoms with Gasteiger partial charge in [-0.3, -0.25) is 0 Å². The molecule has 0 amide bonds. The number of nitrogens with two attached hydrogens (primary N) is 1. The summed E-state index contributed by atoms with van der Waals surface area (Å²) in [6.45, 7) is 1.94. The van der Waals surface area contributed by atoms with Crippen LogP contribution in [0.4, 0.5) is 5.69 Å². The summed E-state index contributed by atoms with van der Waals surface area (Å²) < 4.78 is 28.0. The zero-order valence-electron chi connectivity index (χ0n) is 11.2. The Morgan fingerprint density at radius 1 is 1.29 bits per heavy atom. The second kappa shape index (κ2) is 6.36. The molecule has 112 valence electrons. The minimum Gasteiger partial charge on any atom is -0.398 e. The van der Waals surface area contributed by atoms with Crippen LogP contribution in [0.15, 0.2) is 45.8 Å². The van der Waals surface area contributed by atoms with E-state index >= 15 is 0 Å². The Balaban J connectivity index is 2.25. The lowest BCUT2D eigenvalue weighted by Gasteiger charge is -2.11. The number of hydrogen-bond acceptors (Lipinski definition) is 3. The topological polar surface area (TPSA) is 72.2 Å². The summed E-state index contributed by atoms with van der Waals surface area (Å²) in [5.74, 6) is 0. The summed E-state index contributed by atoms with van der Waals surface area (Å²) >= 11 is 9.35. The zero-order chi connectivity index (χ0) is 15.6. The van der Waals surface area contributed by atoms with Gasteiger partial charge in [-0.1, -0.05) is 39.7 Å². The number of anilines is 1. The van der Waals surface area contributed by atoms with Gasteiger partial charge in [-0.2, -0.15) is 0 Å². The Labute approximate surface area is 137 Å². The smallest absolute Gasteiger partial charge is 0.242 e. The fraction of sp³-hybridized carbons (Fsp3) is 0.143. The summed E-state index contributed by atoms with van der Waals surface area (Å²) in [6.07, 6.45) is 0. The predicted molar refractivity (Wildman–Crippen MR) is 88.8 cm³/mol. The third-order valence-electron chi connectivity index (χ3n) is 2.97. The van der Waals surface area contributed by atoms with Crippen molar-refractivity contribution in [2.75, 3.05) is 5.73 Å². The number of hydrogen-bond donors (Lipinski definition) is 2. The van der Waals surface area contributed by atoms with Crippen LogP contribution in [-0.4, -0.2) is 8.42 Å². The van der Waals surface area contributed by atoms with Crippen molar-refractivity contribution < 1.29 is 8.42 Å². The standard InChI is InChI=1S/C14H14BrClN2O2S/c1-9-5-12(16)14(7-13(9)17)21(19,20)18-8-10-3-2-4-11(15)6-10/h2-7,18H,8,17H2,1H3. The lowest BCUT2D eigenvalue weighted by atomic mass is 10.2. The Morgan fingerprint density at radius 2 is 2.00 bits per heavy atom. The molecule has 2 aromatic rings. The zero-order valence-corrected chi connectivity index (χ0v) is 14.4.